The van der Waals surface area contributed by atoms with Crippen LogP contribution in [0.1, 0.15) is 35.2 Å². The highest BCUT2D eigenvalue weighted by Crippen LogP contribution is 2.23. The fourth-order valence-corrected chi connectivity index (χ4v) is 3.21. The predicted octanol–water partition coefficient (Wildman–Crippen LogP) is 5.63. The Morgan fingerprint density at radius 3 is 2.23 bits per heavy atom. The minimum Gasteiger partial charge on any atom is -0.352 e. The van der Waals surface area contributed by atoms with Crippen LogP contribution in [-0.4, -0.2) is 5.11 Å². The van der Waals surface area contributed by atoms with Crippen LogP contribution < -0.4 is 10.6 Å². The van der Waals surface area contributed by atoms with E-state index in [2.05, 4.69) is 97.3 Å². The summed E-state index contributed by atoms with van der Waals surface area (Å²) >= 11 is 5.58. The molecule has 0 aliphatic heterocycles. The molecule has 132 valence electrons. The number of benzene rings is 3. The van der Waals surface area contributed by atoms with Crippen LogP contribution in [-0.2, 0) is 6.42 Å². The van der Waals surface area contributed by atoms with E-state index in [9.17, 15) is 0 Å². The van der Waals surface area contributed by atoms with Crippen molar-refractivity contribution in [3.63, 3.8) is 0 Å². The molecule has 3 heteroatoms. The second kappa shape index (κ2) is 8.63. The van der Waals surface area contributed by atoms with Crippen LogP contribution in [0, 0.1) is 6.92 Å². The molecule has 0 spiro atoms. The average Bonchev–Trinajstić information content (AvgIpc) is 2.67. The van der Waals surface area contributed by atoms with Crippen LogP contribution in [0.4, 0.5) is 5.69 Å². The molecule has 2 N–H and O–H groups in total. The van der Waals surface area contributed by atoms with Gasteiger partial charge in [0.1, 0.15) is 0 Å². The van der Waals surface area contributed by atoms with E-state index >= 15 is 0 Å². The Morgan fingerprint density at radius 1 is 0.885 bits per heavy atom. The highest BCUT2D eigenvalue weighted by Gasteiger charge is 2.15. The Morgan fingerprint density at radius 2 is 1.58 bits per heavy atom. The molecule has 3 rings (SSSR count). The van der Waals surface area contributed by atoms with Gasteiger partial charge in [0.2, 0.25) is 0 Å². The number of anilines is 1. The number of thiocarbonyl (C=S) groups is 1. The van der Waals surface area contributed by atoms with Crippen LogP contribution in [0.2, 0.25) is 0 Å². The largest absolute Gasteiger partial charge is 0.352 e. The van der Waals surface area contributed by atoms with E-state index in [4.69, 9.17) is 12.2 Å². The van der Waals surface area contributed by atoms with Gasteiger partial charge in [-0.2, -0.15) is 0 Å². The number of hydrogen-bond donors (Lipinski definition) is 2. The lowest BCUT2D eigenvalue weighted by molar-refractivity contribution is 0.768. The van der Waals surface area contributed by atoms with Crippen molar-refractivity contribution in [3.8, 4) is 0 Å². The van der Waals surface area contributed by atoms with E-state index in [-0.39, 0.29) is 6.04 Å². The first-order valence-corrected chi connectivity index (χ1v) is 9.34. The lowest BCUT2D eigenvalue weighted by Gasteiger charge is -2.22. The zero-order valence-electron chi connectivity index (χ0n) is 15.2. The van der Waals surface area contributed by atoms with Crippen molar-refractivity contribution in [2.75, 3.05) is 5.32 Å². The molecule has 0 fully saturated rings. The summed E-state index contributed by atoms with van der Waals surface area (Å²) in [5, 5.41) is 7.39. The van der Waals surface area contributed by atoms with Gasteiger partial charge in [0.15, 0.2) is 5.11 Å². The Balaban J connectivity index is 1.79. The van der Waals surface area contributed by atoms with Gasteiger partial charge >= 0.3 is 0 Å². The van der Waals surface area contributed by atoms with E-state index in [0.717, 1.165) is 12.1 Å². The minimum absolute atomic E-state index is 0.00557. The molecule has 0 amide bonds. The molecule has 1 atom stereocenters. The second-order valence-electron chi connectivity index (χ2n) is 6.41. The molecule has 3 aromatic carbocycles. The smallest absolute Gasteiger partial charge is 0.171 e. The molecule has 26 heavy (non-hydrogen) atoms. The van der Waals surface area contributed by atoms with E-state index < -0.39 is 0 Å². The molecule has 0 unspecified atom stereocenters. The van der Waals surface area contributed by atoms with Gasteiger partial charge in [-0.1, -0.05) is 79.2 Å². The zero-order valence-corrected chi connectivity index (χ0v) is 16.0. The van der Waals surface area contributed by atoms with E-state index in [1.807, 2.05) is 6.07 Å². The minimum atomic E-state index is 0.00557. The summed E-state index contributed by atoms with van der Waals surface area (Å²) in [4.78, 5) is 0. The third-order valence-corrected chi connectivity index (χ3v) is 4.62. The van der Waals surface area contributed by atoms with Crippen molar-refractivity contribution in [2.24, 2.45) is 0 Å². The highest BCUT2D eigenvalue weighted by molar-refractivity contribution is 7.80. The Hall–Kier alpha value is -2.65. The quantitative estimate of drug-likeness (QED) is 0.576. The van der Waals surface area contributed by atoms with Gasteiger partial charge in [0.25, 0.3) is 0 Å². The zero-order chi connectivity index (χ0) is 18.4. The fourth-order valence-electron chi connectivity index (χ4n) is 2.98. The van der Waals surface area contributed by atoms with Crippen LogP contribution in [0.3, 0.4) is 0 Å². The number of rotatable bonds is 5. The van der Waals surface area contributed by atoms with Crippen molar-refractivity contribution in [1.82, 2.24) is 5.32 Å². The maximum absolute atomic E-state index is 5.58. The Labute approximate surface area is 161 Å². The van der Waals surface area contributed by atoms with Gasteiger partial charge < -0.3 is 10.6 Å². The summed E-state index contributed by atoms with van der Waals surface area (Å²) in [6.45, 7) is 4.26. The van der Waals surface area contributed by atoms with Crippen LogP contribution in [0.5, 0.6) is 0 Å². The van der Waals surface area contributed by atoms with Crippen molar-refractivity contribution < 1.29 is 0 Å². The maximum atomic E-state index is 5.58. The third-order valence-electron chi connectivity index (χ3n) is 4.40. The van der Waals surface area contributed by atoms with Crippen molar-refractivity contribution in [2.45, 2.75) is 26.3 Å². The molecule has 0 saturated carbocycles. The monoisotopic (exact) mass is 360 g/mol. The van der Waals surface area contributed by atoms with Crippen LogP contribution >= 0.6 is 12.2 Å². The van der Waals surface area contributed by atoms with E-state index in [1.54, 1.807) is 0 Å². The molecule has 0 saturated heterocycles. The summed E-state index contributed by atoms with van der Waals surface area (Å²) in [6.07, 6.45) is 1.03. The lowest BCUT2D eigenvalue weighted by Crippen LogP contribution is -2.33. The summed E-state index contributed by atoms with van der Waals surface area (Å²) in [5.41, 5.74) is 5.93. The van der Waals surface area contributed by atoms with Crippen molar-refractivity contribution >= 4 is 23.0 Å². The van der Waals surface area contributed by atoms with Gasteiger partial charge in [0.05, 0.1) is 6.04 Å². The number of nitrogens with one attached hydrogen (secondary N) is 2. The predicted molar refractivity (Wildman–Crippen MR) is 115 cm³/mol. The van der Waals surface area contributed by atoms with Gasteiger partial charge in [-0.15, -0.1) is 0 Å². The maximum Gasteiger partial charge on any atom is 0.171 e. The topological polar surface area (TPSA) is 24.1 Å². The fraction of sp³-hybridized carbons (Fsp3) is 0.174. The summed E-state index contributed by atoms with van der Waals surface area (Å²) < 4.78 is 0. The summed E-state index contributed by atoms with van der Waals surface area (Å²) in [6, 6.07) is 27.3. The molecule has 0 heterocycles. The Bertz CT molecular complexity index is 857. The van der Waals surface area contributed by atoms with E-state index in [1.165, 1.54) is 22.3 Å². The standard InChI is InChI=1S/C23H24N2S/c1-3-18-12-14-21(15-13-18)24-23(26)25-22(19-9-5-4-6-10-19)20-11-7-8-17(2)16-20/h4-16,22H,3H2,1-2H3,(H2,24,25,26)/t22-/m0/s1. The average molecular weight is 361 g/mol. The van der Waals surface area contributed by atoms with Crippen molar-refractivity contribution in [3.05, 3.63) is 101 Å². The van der Waals surface area contributed by atoms with E-state index in [0.29, 0.717) is 5.11 Å². The van der Waals surface area contributed by atoms with Gasteiger partial charge in [-0.05, 0) is 54.4 Å². The molecule has 0 radical (unpaired) electrons. The highest BCUT2D eigenvalue weighted by atomic mass is 32.1. The van der Waals surface area contributed by atoms with Gasteiger partial charge in [-0.3, -0.25) is 0 Å². The molecule has 2 nitrogen and oxygen atoms in total. The first kappa shape index (κ1) is 18.2. The summed E-state index contributed by atoms with van der Waals surface area (Å²) in [7, 11) is 0. The SMILES string of the molecule is CCc1ccc(NC(=S)N[C@@H](c2ccccc2)c2cccc(C)c2)cc1. The molecule has 0 bridgehead atoms. The number of aryl methyl sites for hydroxylation is 2. The van der Waals surface area contributed by atoms with Gasteiger partial charge in [-0.25, -0.2) is 0 Å². The lowest BCUT2D eigenvalue weighted by atomic mass is 9.97. The molecule has 0 aliphatic carbocycles. The normalized spacial score (nSPS) is 11.6. The molecular formula is C23H24N2S. The van der Waals surface area contributed by atoms with Crippen LogP contribution in [0.25, 0.3) is 0 Å². The Kier molecular flexibility index (Phi) is 6.03. The molecular weight excluding hydrogens is 336 g/mol. The summed E-state index contributed by atoms with van der Waals surface area (Å²) in [5.74, 6) is 0. The van der Waals surface area contributed by atoms with Gasteiger partial charge in [0, 0.05) is 5.69 Å². The molecule has 3 aromatic rings. The molecule has 0 aromatic heterocycles. The van der Waals surface area contributed by atoms with Crippen molar-refractivity contribution in [1.29, 1.82) is 0 Å². The number of hydrogen-bond acceptors (Lipinski definition) is 1. The second-order valence-corrected chi connectivity index (χ2v) is 6.82. The van der Waals surface area contributed by atoms with Crippen LogP contribution in [0.15, 0.2) is 78.9 Å². The first-order valence-electron chi connectivity index (χ1n) is 8.93. The molecule has 0 aliphatic rings. The third kappa shape index (κ3) is 4.70. The first-order chi connectivity index (χ1) is 12.7.